The van der Waals surface area contributed by atoms with Crippen molar-refractivity contribution in [2.24, 2.45) is 7.05 Å². The Balaban J connectivity index is 1.94. The molecule has 1 N–H and O–H groups in total. The molecule has 0 aliphatic carbocycles. The van der Waals surface area contributed by atoms with Crippen LogP contribution >= 0.6 is 0 Å². The van der Waals surface area contributed by atoms with Crippen LogP contribution in [-0.4, -0.2) is 16.4 Å². The van der Waals surface area contributed by atoms with Crippen molar-refractivity contribution in [2.75, 3.05) is 6.61 Å². The predicted octanol–water partition coefficient (Wildman–Crippen LogP) is 4.52. The highest BCUT2D eigenvalue weighted by molar-refractivity contribution is 5.83. The fourth-order valence-corrected chi connectivity index (χ4v) is 2.67. The lowest BCUT2D eigenvalue weighted by molar-refractivity contribution is 0.314. The van der Waals surface area contributed by atoms with E-state index >= 15 is 0 Å². The average Bonchev–Trinajstić information content (AvgIpc) is 2.51. The smallest absolute Gasteiger partial charge is 0.122 e. The highest BCUT2D eigenvalue weighted by Gasteiger charge is 2.08. The molecule has 0 spiro atoms. The van der Waals surface area contributed by atoms with Crippen molar-refractivity contribution in [1.29, 1.82) is 0 Å². The number of nitrogens with zero attached hydrogens (tertiary/aromatic N) is 1. The van der Waals surface area contributed by atoms with Gasteiger partial charge < -0.3 is 4.74 Å². The van der Waals surface area contributed by atoms with Crippen LogP contribution in [0.25, 0.3) is 22.2 Å². The second kappa shape index (κ2) is 5.68. The number of nitrogens with one attached hydrogen (secondary N) is 1. The van der Waals surface area contributed by atoms with E-state index in [4.69, 9.17) is 4.74 Å². The number of aromatic amines is 1. The van der Waals surface area contributed by atoms with Gasteiger partial charge in [-0.05, 0) is 53.8 Å². The lowest BCUT2D eigenvalue weighted by atomic mass is 10.0. The number of benzene rings is 2. The van der Waals surface area contributed by atoms with Crippen LogP contribution in [0.5, 0.6) is 5.75 Å². The lowest BCUT2D eigenvalue weighted by Crippen LogP contribution is -2.04. The zero-order chi connectivity index (χ0) is 14.8. The quantitative estimate of drug-likeness (QED) is 0.732. The van der Waals surface area contributed by atoms with E-state index in [0.29, 0.717) is 0 Å². The Hall–Kier alpha value is -2.16. The summed E-state index contributed by atoms with van der Waals surface area (Å²) in [4.78, 5) is 0. The molecule has 0 unspecified atom stereocenters. The first kappa shape index (κ1) is 13.8. The van der Waals surface area contributed by atoms with Crippen molar-refractivity contribution < 1.29 is 4.74 Å². The molecule has 110 valence electrons. The van der Waals surface area contributed by atoms with Gasteiger partial charge in [-0.25, -0.2) is 0 Å². The molecule has 1 aromatic heterocycles. The van der Waals surface area contributed by atoms with Gasteiger partial charge in [0, 0.05) is 7.05 Å². The maximum absolute atomic E-state index is 5.82. The maximum Gasteiger partial charge on any atom is 0.122 e. The SMILES string of the molecule is CCCOc1ccc(-c2ccc3c(c2)[nH]n3C)cc1CC. The Morgan fingerprint density at radius 3 is 2.48 bits per heavy atom. The largest absolute Gasteiger partial charge is 0.493 e. The van der Waals surface area contributed by atoms with Crippen molar-refractivity contribution >= 4 is 11.0 Å². The van der Waals surface area contributed by atoms with E-state index in [2.05, 4.69) is 55.3 Å². The monoisotopic (exact) mass is 282 g/mol. The van der Waals surface area contributed by atoms with Crippen LogP contribution in [0.4, 0.5) is 0 Å². The zero-order valence-corrected chi connectivity index (χ0v) is 12.9. The Labute approximate surface area is 125 Å². The normalized spacial score (nSPS) is 11.2. The van der Waals surface area contributed by atoms with E-state index in [-0.39, 0.29) is 0 Å². The van der Waals surface area contributed by atoms with E-state index in [0.717, 1.165) is 25.2 Å². The highest BCUT2D eigenvalue weighted by atomic mass is 16.5. The van der Waals surface area contributed by atoms with Crippen LogP contribution < -0.4 is 4.74 Å². The van der Waals surface area contributed by atoms with Gasteiger partial charge in [0.2, 0.25) is 0 Å². The Kier molecular flexibility index (Phi) is 3.74. The number of aryl methyl sites for hydroxylation is 2. The van der Waals surface area contributed by atoms with Gasteiger partial charge in [-0.1, -0.05) is 26.0 Å². The molecule has 0 aliphatic rings. The molecular formula is C18H22N2O. The van der Waals surface area contributed by atoms with Gasteiger partial charge in [0.25, 0.3) is 0 Å². The molecule has 0 aliphatic heterocycles. The topological polar surface area (TPSA) is 29.9 Å². The Bertz CT molecular complexity index is 752. The van der Waals surface area contributed by atoms with E-state index in [1.807, 2.05) is 11.7 Å². The molecule has 3 aromatic rings. The molecule has 0 atom stereocenters. The van der Waals surface area contributed by atoms with Crippen LogP contribution in [0.15, 0.2) is 36.4 Å². The number of hydrogen-bond donors (Lipinski definition) is 1. The number of rotatable bonds is 5. The summed E-state index contributed by atoms with van der Waals surface area (Å²) >= 11 is 0. The number of ether oxygens (including phenoxy) is 1. The van der Waals surface area contributed by atoms with Crippen molar-refractivity contribution in [2.45, 2.75) is 26.7 Å². The molecule has 3 rings (SSSR count). The molecule has 3 nitrogen and oxygen atoms in total. The summed E-state index contributed by atoms with van der Waals surface area (Å²) in [5, 5.41) is 3.27. The molecule has 3 heteroatoms. The van der Waals surface area contributed by atoms with Crippen molar-refractivity contribution in [3.8, 4) is 16.9 Å². The van der Waals surface area contributed by atoms with Gasteiger partial charge in [0.05, 0.1) is 17.6 Å². The minimum atomic E-state index is 0.779. The molecule has 0 saturated heterocycles. The molecule has 0 fully saturated rings. The zero-order valence-electron chi connectivity index (χ0n) is 12.9. The van der Waals surface area contributed by atoms with Crippen LogP contribution in [0.3, 0.4) is 0 Å². The van der Waals surface area contributed by atoms with E-state index in [9.17, 15) is 0 Å². The van der Waals surface area contributed by atoms with Crippen LogP contribution in [0.1, 0.15) is 25.8 Å². The third kappa shape index (κ3) is 2.56. The van der Waals surface area contributed by atoms with Crippen LogP contribution in [0, 0.1) is 0 Å². The summed E-state index contributed by atoms with van der Waals surface area (Å²) in [6, 6.07) is 13.0. The standard InChI is InChI=1S/C18H22N2O/c1-4-10-21-18-9-7-14(11-13(18)5-2)15-6-8-17-16(12-15)19-20(17)3/h6-9,11-12,19H,4-5,10H2,1-3H3. The molecule has 0 amide bonds. The first-order chi connectivity index (χ1) is 10.2. The average molecular weight is 282 g/mol. The Morgan fingerprint density at radius 2 is 1.81 bits per heavy atom. The third-order valence-corrected chi connectivity index (χ3v) is 3.88. The molecule has 0 bridgehead atoms. The first-order valence-corrected chi connectivity index (χ1v) is 7.63. The summed E-state index contributed by atoms with van der Waals surface area (Å²) in [5.41, 5.74) is 6.20. The van der Waals surface area contributed by atoms with Gasteiger partial charge >= 0.3 is 0 Å². The first-order valence-electron chi connectivity index (χ1n) is 7.63. The van der Waals surface area contributed by atoms with E-state index in [1.165, 1.54) is 27.7 Å². The molecule has 0 radical (unpaired) electrons. The minimum Gasteiger partial charge on any atom is -0.493 e. The van der Waals surface area contributed by atoms with Crippen molar-refractivity contribution in [1.82, 2.24) is 9.78 Å². The molecule has 1 heterocycles. The summed E-state index contributed by atoms with van der Waals surface area (Å²) in [5.74, 6) is 1.02. The van der Waals surface area contributed by atoms with Gasteiger partial charge in [-0.3, -0.25) is 9.78 Å². The van der Waals surface area contributed by atoms with Gasteiger partial charge in [-0.2, -0.15) is 0 Å². The number of aromatic nitrogens is 2. The van der Waals surface area contributed by atoms with E-state index < -0.39 is 0 Å². The Morgan fingerprint density at radius 1 is 1.05 bits per heavy atom. The summed E-state index contributed by atoms with van der Waals surface area (Å²) in [6.07, 6.45) is 2.02. The third-order valence-electron chi connectivity index (χ3n) is 3.88. The second-order valence-electron chi connectivity index (χ2n) is 5.43. The molecule has 2 aromatic carbocycles. The molecule has 0 saturated carbocycles. The van der Waals surface area contributed by atoms with Crippen molar-refractivity contribution in [3.05, 3.63) is 42.0 Å². The number of H-pyrrole nitrogens is 1. The fourth-order valence-electron chi connectivity index (χ4n) is 2.67. The van der Waals surface area contributed by atoms with E-state index in [1.54, 1.807) is 0 Å². The predicted molar refractivity (Wildman–Crippen MR) is 87.9 cm³/mol. The summed E-state index contributed by atoms with van der Waals surface area (Å²) in [6.45, 7) is 5.08. The summed E-state index contributed by atoms with van der Waals surface area (Å²) < 4.78 is 7.84. The van der Waals surface area contributed by atoms with Crippen LogP contribution in [-0.2, 0) is 13.5 Å². The highest BCUT2D eigenvalue weighted by Crippen LogP contribution is 2.29. The summed E-state index contributed by atoms with van der Waals surface area (Å²) in [7, 11) is 2.02. The number of hydrogen-bond acceptors (Lipinski definition) is 1. The number of fused-ring (bicyclic) bond motifs is 1. The molecule has 21 heavy (non-hydrogen) atoms. The lowest BCUT2D eigenvalue weighted by Gasteiger charge is -2.15. The van der Waals surface area contributed by atoms with Gasteiger partial charge in [0.15, 0.2) is 0 Å². The van der Waals surface area contributed by atoms with Gasteiger partial charge in [0.1, 0.15) is 5.75 Å². The van der Waals surface area contributed by atoms with Gasteiger partial charge in [-0.15, -0.1) is 0 Å². The van der Waals surface area contributed by atoms with Crippen molar-refractivity contribution in [3.63, 3.8) is 0 Å². The molecular weight excluding hydrogens is 260 g/mol. The maximum atomic E-state index is 5.82. The fraction of sp³-hybridized carbons (Fsp3) is 0.333. The minimum absolute atomic E-state index is 0.779. The second-order valence-corrected chi connectivity index (χ2v) is 5.43. The van der Waals surface area contributed by atoms with Crippen LogP contribution in [0.2, 0.25) is 0 Å².